The van der Waals surface area contributed by atoms with Crippen LogP contribution in [-0.2, 0) is 11.3 Å². The van der Waals surface area contributed by atoms with Crippen molar-refractivity contribution in [3.63, 3.8) is 0 Å². The molecule has 2 heterocycles. The highest BCUT2D eigenvalue weighted by Gasteiger charge is 2.39. The van der Waals surface area contributed by atoms with Gasteiger partial charge in [0.1, 0.15) is 5.82 Å². The Morgan fingerprint density at radius 3 is 2.67 bits per heavy atom. The Labute approximate surface area is 192 Å². The van der Waals surface area contributed by atoms with Gasteiger partial charge in [0.05, 0.1) is 41.4 Å². The second-order valence-electron chi connectivity index (χ2n) is 9.34. The molecule has 2 aliphatic heterocycles. The van der Waals surface area contributed by atoms with Gasteiger partial charge in [-0.25, -0.2) is 4.39 Å². The molecule has 174 valence electrons. The number of halogens is 1. The molecule has 8 heteroatoms. The predicted octanol–water partition coefficient (Wildman–Crippen LogP) is 2.73. The highest BCUT2D eigenvalue weighted by atomic mass is 19.1. The van der Waals surface area contributed by atoms with Crippen molar-refractivity contribution in [3.8, 4) is 0 Å². The predicted molar refractivity (Wildman–Crippen MR) is 121 cm³/mol. The fourth-order valence-electron chi connectivity index (χ4n) is 4.43. The van der Waals surface area contributed by atoms with Gasteiger partial charge in [-0.15, -0.1) is 0 Å². The number of carbonyl (C=O) groups is 3. The van der Waals surface area contributed by atoms with Crippen molar-refractivity contribution in [2.75, 3.05) is 24.6 Å². The van der Waals surface area contributed by atoms with Crippen LogP contribution >= 0.6 is 0 Å². The van der Waals surface area contributed by atoms with Crippen LogP contribution in [0.15, 0.2) is 42.5 Å². The largest absolute Gasteiger partial charge is 0.394 e. The summed E-state index contributed by atoms with van der Waals surface area (Å²) in [4.78, 5) is 42.2. The van der Waals surface area contributed by atoms with Gasteiger partial charge in [-0.1, -0.05) is 18.2 Å². The molecule has 0 bridgehead atoms. The van der Waals surface area contributed by atoms with Crippen molar-refractivity contribution in [1.29, 1.82) is 0 Å². The Morgan fingerprint density at radius 2 is 1.94 bits per heavy atom. The number of anilines is 1. The summed E-state index contributed by atoms with van der Waals surface area (Å²) >= 11 is 0. The lowest BCUT2D eigenvalue weighted by atomic mass is 9.94. The summed E-state index contributed by atoms with van der Waals surface area (Å²) in [6, 6.07) is 11.0. The van der Waals surface area contributed by atoms with Crippen molar-refractivity contribution >= 4 is 23.4 Å². The lowest BCUT2D eigenvalue weighted by Gasteiger charge is -2.36. The lowest BCUT2D eigenvalue weighted by Crippen LogP contribution is -2.51. The number of imide groups is 1. The van der Waals surface area contributed by atoms with E-state index in [1.165, 1.54) is 12.1 Å². The third kappa shape index (κ3) is 4.61. The highest BCUT2D eigenvalue weighted by Crippen LogP contribution is 2.34. The maximum Gasteiger partial charge on any atom is 0.263 e. The molecule has 0 aliphatic carbocycles. The molecule has 7 nitrogen and oxygen atoms in total. The van der Waals surface area contributed by atoms with Crippen molar-refractivity contribution in [2.45, 2.75) is 38.8 Å². The van der Waals surface area contributed by atoms with E-state index in [1.807, 2.05) is 4.90 Å². The van der Waals surface area contributed by atoms with E-state index in [1.54, 1.807) is 44.2 Å². The van der Waals surface area contributed by atoms with Crippen LogP contribution in [0.25, 0.3) is 0 Å². The van der Waals surface area contributed by atoms with Gasteiger partial charge in [-0.05, 0) is 56.5 Å². The number of benzene rings is 2. The van der Waals surface area contributed by atoms with Gasteiger partial charge in [0.25, 0.3) is 11.8 Å². The van der Waals surface area contributed by atoms with Gasteiger partial charge in [0, 0.05) is 13.1 Å². The lowest BCUT2D eigenvalue weighted by molar-refractivity contribution is -0.127. The Hall–Kier alpha value is -3.26. The van der Waals surface area contributed by atoms with Crippen LogP contribution in [0.1, 0.15) is 53.0 Å². The Kier molecular flexibility index (Phi) is 6.21. The fourth-order valence-corrected chi connectivity index (χ4v) is 4.43. The minimum Gasteiger partial charge on any atom is -0.394 e. The van der Waals surface area contributed by atoms with E-state index in [4.69, 9.17) is 0 Å². The molecular formula is C25H28FN3O4. The number of hydrogen-bond acceptors (Lipinski definition) is 5. The summed E-state index contributed by atoms with van der Waals surface area (Å²) < 4.78 is 13.6. The van der Waals surface area contributed by atoms with E-state index in [2.05, 4.69) is 5.32 Å². The number of aliphatic hydroxyl groups excluding tert-OH is 1. The Bertz CT molecular complexity index is 1100. The third-order valence-electron chi connectivity index (χ3n) is 6.20. The molecule has 4 rings (SSSR count). The maximum atomic E-state index is 13.6. The first kappa shape index (κ1) is 22.9. The zero-order valence-corrected chi connectivity index (χ0v) is 18.8. The Balaban J connectivity index is 1.57. The van der Waals surface area contributed by atoms with Crippen molar-refractivity contribution in [1.82, 2.24) is 10.2 Å². The molecule has 2 aliphatic rings. The first-order valence-electron chi connectivity index (χ1n) is 11.1. The van der Waals surface area contributed by atoms with E-state index in [-0.39, 0.29) is 25.0 Å². The number of aliphatic hydroxyl groups is 1. The van der Waals surface area contributed by atoms with Crippen LogP contribution in [0.2, 0.25) is 0 Å². The average molecular weight is 454 g/mol. The molecule has 1 atom stereocenters. The number of hydrogen-bond donors (Lipinski definition) is 2. The third-order valence-corrected chi connectivity index (χ3v) is 6.20. The van der Waals surface area contributed by atoms with E-state index in [0.29, 0.717) is 41.9 Å². The van der Waals surface area contributed by atoms with Gasteiger partial charge < -0.3 is 15.3 Å². The molecule has 3 amide bonds. The van der Waals surface area contributed by atoms with Gasteiger partial charge in [0.15, 0.2) is 0 Å². The van der Waals surface area contributed by atoms with Gasteiger partial charge in [0.2, 0.25) is 5.91 Å². The van der Waals surface area contributed by atoms with E-state index in [0.717, 1.165) is 11.3 Å². The van der Waals surface area contributed by atoms with Gasteiger partial charge >= 0.3 is 0 Å². The molecule has 2 aromatic rings. The summed E-state index contributed by atoms with van der Waals surface area (Å²) in [5.41, 5.74) is 1.10. The number of fused-ring (bicyclic) bond motifs is 1. The molecule has 33 heavy (non-hydrogen) atoms. The summed E-state index contributed by atoms with van der Waals surface area (Å²) in [6.07, 6.45) is 1.47. The fraction of sp³-hybridized carbons (Fsp3) is 0.400. The van der Waals surface area contributed by atoms with E-state index < -0.39 is 23.2 Å². The van der Waals surface area contributed by atoms with Crippen molar-refractivity contribution in [3.05, 3.63) is 65.0 Å². The molecule has 1 fully saturated rings. The van der Waals surface area contributed by atoms with Crippen molar-refractivity contribution < 1.29 is 23.9 Å². The summed E-state index contributed by atoms with van der Waals surface area (Å²) in [5, 5.41) is 12.3. The first-order valence-corrected chi connectivity index (χ1v) is 11.1. The molecule has 1 unspecified atom stereocenters. The molecular weight excluding hydrogens is 425 g/mol. The molecule has 0 spiro atoms. The number of rotatable bonds is 6. The standard InChI is InChI=1S/C25H28FN3O4/c1-25(2,15-30)27-22(31)17-7-5-11-28(14-17)20-10-4-9-19-21(20)24(33)29(23(19)32)13-16-6-3-8-18(26)12-16/h3-4,6,8-10,12,17,30H,5,7,11,13-15H2,1-2H3,(H,27,31). The molecule has 1 saturated heterocycles. The number of amides is 3. The van der Waals surface area contributed by atoms with E-state index in [9.17, 15) is 23.9 Å². The zero-order valence-electron chi connectivity index (χ0n) is 18.8. The summed E-state index contributed by atoms with van der Waals surface area (Å²) in [6.45, 7) is 4.41. The van der Waals surface area contributed by atoms with Gasteiger partial charge in [-0.3, -0.25) is 19.3 Å². The number of carbonyl (C=O) groups excluding carboxylic acids is 3. The van der Waals surface area contributed by atoms with Crippen LogP contribution in [0, 0.1) is 11.7 Å². The smallest absolute Gasteiger partial charge is 0.263 e. The number of piperidine rings is 1. The molecule has 2 N–H and O–H groups in total. The summed E-state index contributed by atoms with van der Waals surface area (Å²) in [7, 11) is 0. The number of nitrogens with zero attached hydrogens (tertiary/aromatic N) is 2. The second-order valence-corrected chi connectivity index (χ2v) is 9.34. The normalized spacial score (nSPS) is 18.5. The topological polar surface area (TPSA) is 89.9 Å². The summed E-state index contributed by atoms with van der Waals surface area (Å²) in [5.74, 6) is -1.68. The minimum atomic E-state index is -0.715. The SMILES string of the molecule is CC(C)(CO)NC(=O)C1CCCN(c2cccc3c2C(=O)N(Cc2cccc(F)c2)C3=O)C1. The highest BCUT2D eigenvalue weighted by molar-refractivity contribution is 6.23. The monoisotopic (exact) mass is 453 g/mol. The molecule has 2 aromatic carbocycles. The second kappa shape index (κ2) is 8.94. The maximum absolute atomic E-state index is 13.6. The van der Waals surface area contributed by atoms with Gasteiger partial charge in [-0.2, -0.15) is 0 Å². The van der Waals surface area contributed by atoms with Crippen molar-refractivity contribution in [2.24, 2.45) is 5.92 Å². The Morgan fingerprint density at radius 1 is 1.18 bits per heavy atom. The van der Waals surface area contributed by atoms with Crippen LogP contribution in [0.5, 0.6) is 0 Å². The zero-order chi connectivity index (χ0) is 23.8. The van der Waals surface area contributed by atoms with E-state index >= 15 is 0 Å². The molecule has 0 saturated carbocycles. The van der Waals surface area contributed by atoms with Crippen LogP contribution in [0.4, 0.5) is 10.1 Å². The minimum absolute atomic E-state index is 0.00911. The molecule has 0 aromatic heterocycles. The van der Waals surface area contributed by atoms with Crippen LogP contribution in [0.3, 0.4) is 0 Å². The molecule has 0 radical (unpaired) electrons. The first-order chi connectivity index (χ1) is 15.7. The van der Waals surface area contributed by atoms with Crippen LogP contribution < -0.4 is 10.2 Å². The number of nitrogens with one attached hydrogen (secondary N) is 1. The van der Waals surface area contributed by atoms with Crippen LogP contribution in [-0.4, -0.2) is 53.0 Å². The quantitative estimate of drug-likeness (QED) is 0.657. The average Bonchev–Trinajstić information content (AvgIpc) is 3.04.